The summed E-state index contributed by atoms with van der Waals surface area (Å²) in [6.45, 7) is 2.10. The molecule has 25 heavy (non-hydrogen) atoms. The van der Waals surface area contributed by atoms with Crippen LogP contribution in [0.3, 0.4) is 0 Å². The zero-order chi connectivity index (χ0) is 17.1. The molecule has 0 bridgehead atoms. The standard InChI is InChI=1S/C20H22N4O/c25-20(22-14-15-4-3-9-21-13-15)24-10-7-16(8-11-24)19-12-17-5-1-2-6-18(17)23-19/h1-6,9,12-13,16,23H,7-8,10-11,14H2,(H,22,25). The quantitative estimate of drug-likeness (QED) is 0.768. The maximum atomic E-state index is 12.3. The molecule has 3 aromatic rings. The fourth-order valence-electron chi connectivity index (χ4n) is 3.50. The van der Waals surface area contributed by atoms with Crippen LogP contribution in [0, 0.1) is 0 Å². The third-order valence-electron chi connectivity index (χ3n) is 4.94. The van der Waals surface area contributed by atoms with Crippen molar-refractivity contribution in [3.8, 4) is 0 Å². The fourth-order valence-corrected chi connectivity index (χ4v) is 3.50. The smallest absolute Gasteiger partial charge is 0.317 e. The molecule has 128 valence electrons. The van der Waals surface area contributed by atoms with Crippen LogP contribution in [0.5, 0.6) is 0 Å². The molecule has 0 saturated carbocycles. The highest BCUT2D eigenvalue weighted by molar-refractivity contribution is 5.80. The van der Waals surface area contributed by atoms with E-state index in [1.54, 1.807) is 12.4 Å². The van der Waals surface area contributed by atoms with Crippen molar-refractivity contribution in [3.63, 3.8) is 0 Å². The van der Waals surface area contributed by atoms with E-state index in [0.717, 1.165) is 31.5 Å². The minimum absolute atomic E-state index is 0.0129. The van der Waals surface area contributed by atoms with E-state index < -0.39 is 0 Å². The molecule has 5 nitrogen and oxygen atoms in total. The predicted octanol–water partition coefficient (Wildman–Crippen LogP) is 3.65. The number of hydrogen-bond acceptors (Lipinski definition) is 2. The van der Waals surface area contributed by atoms with Crippen LogP contribution in [0.2, 0.25) is 0 Å². The first kappa shape index (κ1) is 15.7. The molecule has 2 N–H and O–H groups in total. The summed E-state index contributed by atoms with van der Waals surface area (Å²) in [5, 5.41) is 4.24. The number of carbonyl (C=O) groups excluding carboxylic acids is 1. The summed E-state index contributed by atoms with van der Waals surface area (Å²) in [4.78, 5) is 21.9. The molecule has 5 heteroatoms. The molecule has 2 amide bonds. The van der Waals surface area contributed by atoms with Crippen molar-refractivity contribution in [2.45, 2.75) is 25.3 Å². The summed E-state index contributed by atoms with van der Waals surface area (Å²) in [5.74, 6) is 0.495. The minimum Gasteiger partial charge on any atom is -0.358 e. The summed E-state index contributed by atoms with van der Waals surface area (Å²) in [7, 11) is 0. The van der Waals surface area contributed by atoms with Gasteiger partial charge in [0.1, 0.15) is 0 Å². The van der Waals surface area contributed by atoms with Crippen molar-refractivity contribution in [2.24, 2.45) is 0 Å². The highest BCUT2D eigenvalue weighted by atomic mass is 16.2. The lowest BCUT2D eigenvalue weighted by Crippen LogP contribution is -2.43. The zero-order valence-electron chi connectivity index (χ0n) is 14.1. The van der Waals surface area contributed by atoms with E-state index in [-0.39, 0.29) is 6.03 Å². The molecule has 0 unspecified atom stereocenters. The number of rotatable bonds is 3. The second-order valence-electron chi connectivity index (χ2n) is 6.59. The number of likely N-dealkylation sites (tertiary alicyclic amines) is 1. The number of para-hydroxylation sites is 1. The molecule has 2 aromatic heterocycles. The van der Waals surface area contributed by atoms with Gasteiger partial charge in [0, 0.05) is 49.2 Å². The first-order valence-electron chi connectivity index (χ1n) is 8.79. The Bertz CT molecular complexity index is 817. The van der Waals surface area contributed by atoms with Crippen molar-refractivity contribution in [2.75, 3.05) is 13.1 Å². The van der Waals surface area contributed by atoms with Gasteiger partial charge in [0.05, 0.1) is 0 Å². The van der Waals surface area contributed by atoms with E-state index in [0.29, 0.717) is 12.5 Å². The number of amides is 2. The lowest BCUT2D eigenvalue weighted by molar-refractivity contribution is 0.180. The molecular weight excluding hydrogens is 312 g/mol. The van der Waals surface area contributed by atoms with Gasteiger partial charge in [0.15, 0.2) is 0 Å². The summed E-state index contributed by atoms with van der Waals surface area (Å²) >= 11 is 0. The van der Waals surface area contributed by atoms with Gasteiger partial charge in [-0.05, 0) is 42.0 Å². The lowest BCUT2D eigenvalue weighted by atomic mass is 9.94. The number of benzene rings is 1. The number of piperidine rings is 1. The van der Waals surface area contributed by atoms with Gasteiger partial charge in [-0.25, -0.2) is 4.79 Å². The Labute approximate surface area is 147 Å². The Balaban J connectivity index is 1.32. The van der Waals surface area contributed by atoms with Gasteiger partial charge < -0.3 is 15.2 Å². The normalized spacial score (nSPS) is 15.4. The van der Waals surface area contributed by atoms with Crippen LogP contribution < -0.4 is 5.32 Å². The zero-order valence-corrected chi connectivity index (χ0v) is 14.1. The van der Waals surface area contributed by atoms with Gasteiger partial charge in [-0.1, -0.05) is 24.3 Å². The molecule has 1 aliphatic rings. The van der Waals surface area contributed by atoms with Crippen molar-refractivity contribution in [1.29, 1.82) is 0 Å². The van der Waals surface area contributed by atoms with E-state index in [4.69, 9.17) is 0 Å². The Morgan fingerprint density at radius 2 is 2.04 bits per heavy atom. The van der Waals surface area contributed by atoms with Crippen molar-refractivity contribution < 1.29 is 4.79 Å². The summed E-state index contributed by atoms with van der Waals surface area (Å²) in [6.07, 6.45) is 5.50. The third kappa shape index (κ3) is 3.50. The van der Waals surface area contributed by atoms with E-state index >= 15 is 0 Å². The molecule has 1 aromatic carbocycles. The number of carbonyl (C=O) groups is 1. The summed E-state index contributed by atoms with van der Waals surface area (Å²) < 4.78 is 0. The fraction of sp³-hybridized carbons (Fsp3) is 0.300. The van der Waals surface area contributed by atoms with Crippen LogP contribution in [-0.2, 0) is 6.54 Å². The Hall–Kier alpha value is -2.82. The number of nitrogens with one attached hydrogen (secondary N) is 2. The molecule has 0 spiro atoms. The maximum Gasteiger partial charge on any atom is 0.317 e. The van der Waals surface area contributed by atoms with E-state index in [1.807, 2.05) is 17.0 Å². The van der Waals surface area contributed by atoms with Crippen LogP contribution >= 0.6 is 0 Å². The maximum absolute atomic E-state index is 12.3. The Morgan fingerprint density at radius 1 is 1.20 bits per heavy atom. The molecule has 1 fully saturated rings. The molecule has 4 rings (SSSR count). The second-order valence-corrected chi connectivity index (χ2v) is 6.59. The third-order valence-corrected chi connectivity index (χ3v) is 4.94. The van der Waals surface area contributed by atoms with Crippen LogP contribution in [0.1, 0.15) is 30.0 Å². The number of aromatic nitrogens is 2. The monoisotopic (exact) mass is 334 g/mol. The summed E-state index contributed by atoms with van der Waals surface area (Å²) in [5.41, 5.74) is 3.49. The predicted molar refractivity (Wildman–Crippen MR) is 98.3 cm³/mol. The number of aromatic amines is 1. The topological polar surface area (TPSA) is 61.0 Å². The number of fused-ring (bicyclic) bond motifs is 1. The first-order valence-corrected chi connectivity index (χ1v) is 8.79. The van der Waals surface area contributed by atoms with Gasteiger partial charge in [0.2, 0.25) is 0 Å². The van der Waals surface area contributed by atoms with E-state index in [1.165, 1.54) is 16.6 Å². The average molecular weight is 334 g/mol. The van der Waals surface area contributed by atoms with Crippen molar-refractivity contribution in [1.82, 2.24) is 20.2 Å². The van der Waals surface area contributed by atoms with Gasteiger partial charge in [-0.3, -0.25) is 4.98 Å². The lowest BCUT2D eigenvalue weighted by Gasteiger charge is -2.31. The van der Waals surface area contributed by atoms with Crippen molar-refractivity contribution >= 4 is 16.9 Å². The molecule has 1 saturated heterocycles. The largest absolute Gasteiger partial charge is 0.358 e. The second kappa shape index (κ2) is 6.97. The molecule has 0 aliphatic carbocycles. The van der Waals surface area contributed by atoms with Crippen molar-refractivity contribution in [3.05, 3.63) is 66.1 Å². The summed E-state index contributed by atoms with van der Waals surface area (Å²) in [6, 6.07) is 14.5. The van der Waals surface area contributed by atoms with Gasteiger partial charge in [0.25, 0.3) is 0 Å². The van der Waals surface area contributed by atoms with Gasteiger partial charge in [-0.15, -0.1) is 0 Å². The molecule has 1 aliphatic heterocycles. The van der Waals surface area contributed by atoms with E-state index in [9.17, 15) is 4.79 Å². The highest BCUT2D eigenvalue weighted by Gasteiger charge is 2.24. The molecule has 0 atom stereocenters. The number of urea groups is 1. The highest BCUT2D eigenvalue weighted by Crippen LogP contribution is 2.29. The van der Waals surface area contributed by atoms with Gasteiger partial charge in [-0.2, -0.15) is 0 Å². The Morgan fingerprint density at radius 3 is 2.80 bits per heavy atom. The van der Waals surface area contributed by atoms with E-state index in [2.05, 4.69) is 45.6 Å². The average Bonchev–Trinajstić information content (AvgIpc) is 3.11. The van der Waals surface area contributed by atoms with Crippen LogP contribution in [-0.4, -0.2) is 34.0 Å². The number of pyridine rings is 1. The SMILES string of the molecule is O=C(NCc1cccnc1)N1CCC(c2cc3ccccc3[nH]2)CC1. The van der Waals surface area contributed by atoms with Crippen LogP contribution in [0.25, 0.3) is 10.9 Å². The number of H-pyrrole nitrogens is 1. The number of nitrogens with zero attached hydrogens (tertiary/aromatic N) is 2. The van der Waals surface area contributed by atoms with Crippen LogP contribution in [0.4, 0.5) is 4.79 Å². The van der Waals surface area contributed by atoms with Gasteiger partial charge >= 0.3 is 6.03 Å². The van der Waals surface area contributed by atoms with Crippen LogP contribution in [0.15, 0.2) is 54.9 Å². The number of hydrogen-bond donors (Lipinski definition) is 2. The molecule has 0 radical (unpaired) electrons. The Kier molecular flexibility index (Phi) is 4.37. The first-order chi connectivity index (χ1) is 12.3. The molecule has 3 heterocycles. The minimum atomic E-state index is 0.0129. The molecular formula is C20H22N4O.